The van der Waals surface area contributed by atoms with Crippen LogP contribution in [-0.4, -0.2) is 39.4 Å². The van der Waals surface area contributed by atoms with Crippen LogP contribution in [0.4, 0.5) is 4.39 Å². The van der Waals surface area contributed by atoms with Gasteiger partial charge in [-0.25, -0.2) is 14.2 Å². The number of nitrogens with one attached hydrogen (secondary N) is 1. The van der Waals surface area contributed by atoms with Crippen molar-refractivity contribution >= 4 is 35.2 Å². The second-order valence-electron chi connectivity index (χ2n) is 8.35. The van der Waals surface area contributed by atoms with Crippen LogP contribution in [0.25, 0.3) is 22.6 Å². The molecule has 0 fully saturated rings. The Morgan fingerprint density at radius 1 is 1.25 bits per heavy atom. The summed E-state index contributed by atoms with van der Waals surface area (Å²) in [6.45, 7) is 7.52. The summed E-state index contributed by atoms with van der Waals surface area (Å²) in [4.78, 5) is 22.3. The molecule has 0 saturated heterocycles. The van der Waals surface area contributed by atoms with E-state index in [4.69, 9.17) is 9.47 Å². The molecular formula is C20H21BrFN5O4Si. The van der Waals surface area contributed by atoms with Gasteiger partial charge in [0.2, 0.25) is 0 Å². The molecule has 12 heteroatoms. The Morgan fingerprint density at radius 3 is 2.78 bits per heavy atom. The average Bonchev–Trinajstić information content (AvgIpc) is 3.29. The highest BCUT2D eigenvalue weighted by Crippen LogP contribution is 2.29. The third-order valence-corrected chi connectivity index (χ3v) is 6.85. The minimum Gasteiger partial charge on any atom is -0.425 e. The standard InChI is InChI=1S/C20H21BrFN5O4Si/c1-32(2,3)8-7-29-11-27-15-10-14(22)16(21)23-18(15)24-19(27)30-13-6-4-5-12(9-13)17-25-20(28)31-26-17/h4-6,9-10H,7-8,11H2,1-3H3,(H,25,26,28). The van der Waals surface area contributed by atoms with E-state index in [1.54, 1.807) is 28.8 Å². The summed E-state index contributed by atoms with van der Waals surface area (Å²) in [7, 11) is -1.26. The van der Waals surface area contributed by atoms with Gasteiger partial charge in [-0.05, 0) is 34.1 Å². The van der Waals surface area contributed by atoms with Crippen molar-refractivity contribution < 1.29 is 18.4 Å². The van der Waals surface area contributed by atoms with Crippen LogP contribution in [-0.2, 0) is 11.5 Å². The number of hydrogen-bond donors (Lipinski definition) is 1. The summed E-state index contributed by atoms with van der Waals surface area (Å²) in [6.07, 6.45) is 0. The molecule has 0 aliphatic heterocycles. The first-order chi connectivity index (χ1) is 15.2. The minimum absolute atomic E-state index is 0.0674. The molecule has 4 aromatic rings. The predicted octanol–water partition coefficient (Wildman–Crippen LogP) is 4.78. The van der Waals surface area contributed by atoms with E-state index in [1.807, 2.05) is 0 Å². The predicted molar refractivity (Wildman–Crippen MR) is 122 cm³/mol. The lowest BCUT2D eigenvalue weighted by atomic mass is 10.2. The number of hydrogen-bond acceptors (Lipinski definition) is 7. The Bertz CT molecular complexity index is 1310. The highest BCUT2D eigenvalue weighted by atomic mass is 79.9. The summed E-state index contributed by atoms with van der Waals surface area (Å²) in [5, 5.41) is 3.68. The van der Waals surface area contributed by atoms with Gasteiger partial charge in [0.15, 0.2) is 17.3 Å². The Hall–Kier alpha value is -2.83. The van der Waals surface area contributed by atoms with Gasteiger partial charge in [0, 0.05) is 26.3 Å². The van der Waals surface area contributed by atoms with Gasteiger partial charge in [-0.3, -0.25) is 14.1 Å². The van der Waals surface area contributed by atoms with Gasteiger partial charge < -0.3 is 9.47 Å². The molecular weight excluding hydrogens is 501 g/mol. The molecule has 0 radical (unpaired) electrons. The fourth-order valence-electron chi connectivity index (χ4n) is 2.89. The SMILES string of the molecule is C[Si](C)(C)CCOCn1c(Oc2cccc(-c3noc(=O)[nH]3)c2)nc2nc(Br)c(F)cc21. The largest absolute Gasteiger partial charge is 0.439 e. The molecule has 0 bridgehead atoms. The zero-order valence-electron chi connectivity index (χ0n) is 17.7. The Labute approximate surface area is 191 Å². The van der Waals surface area contributed by atoms with Crippen LogP contribution < -0.4 is 10.5 Å². The summed E-state index contributed by atoms with van der Waals surface area (Å²) < 4.78 is 32.3. The van der Waals surface area contributed by atoms with Crippen LogP contribution in [0.15, 0.2) is 44.3 Å². The smallest absolute Gasteiger partial charge is 0.425 e. The van der Waals surface area contributed by atoms with Crippen molar-refractivity contribution in [2.24, 2.45) is 0 Å². The number of fused-ring (bicyclic) bond motifs is 1. The monoisotopic (exact) mass is 521 g/mol. The van der Waals surface area contributed by atoms with E-state index in [0.29, 0.717) is 29.1 Å². The van der Waals surface area contributed by atoms with E-state index in [2.05, 4.69) is 60.2 Å². The fraction of sp³-hybridized carbons (Fsp3) is 0.300. The zero-order chi connectivity index (χ0) is 22.9. The van der Waals surface area contributed by atoms with Gasteiger partial charge >= 0.3 is 11.8 Å². The van der Waals surface area contributed by atoms with E-state index in [0.717, 1.165) is 6.04 Å². The second-order valence-corrected chi connectivity index (χ2v) is 14.7. The second kappa shape index (κ2) is 8.96. The van der Waals surface area contributed by atoms with Gasteiger partial charge in [0.1, 0.15) is 17.1 Å². The zero-order valence-corrected chi connectivity index (χ0v) is 20.3. The maximum absolute atomic E-state index is 14.2. The van der Waals surface area contributed by atoms with Crippen LogP contribution in [0.1, 0.15) is 0 Å². The van der Waals surface area contributed by atoms with Gasteiger partial charge in [-0.2, -0.15) is 4.98 Å². The van der Waals surface area contributed by atoms with Crippen LogP contribution in [0, 0.1) is 5.82 Å². The summed E-state index contributed by atoms with van der Waals surface area (Å²) in [5.74, 6) is -0.451. The van der Waals surface area contributed by atoms with E-state index < -0.39 is 19.6 Å². The quantitative estimate of drug-likeness (QED) is 0.202. The van der Waals surface area contributed by atoms with Crippen LogP contribution in [0.2, 0.25) is 25.7 Å². The van der Waals surface area contributed by atoms with Crippen LogP contribution >= 0.6 is 15.9 Å². The lowest BCUT2D eigenvalue weighted by molar-refractivity contribution is 0.0850. The molecule has 0 atom stereocenters. The minimum atomic E-state index is -1.26. The fourth-order valence-corrected chi connectivity index (χ4v) is 3.93. The number of imidazole rings is 1. The molecule has 0 saturated carbocycles. The molecule has 9 nitrogen and oxygen atoms in total. The maximum atomic E-state index is 14.2. The van der Waals surface area contributed by atoms with Crippen molar-refractivity contribution in [1.82, 2.24) is 24.7 Å². The van der Waals surface area contributed by atoms with E-state index >= 15 is 0 Å². The first-order valence-corrected chi connectivity index (χ1v) is 14.3. The number of aromatic amines is 1. The van der Waals surface area contributed by atoms with Gasteiger partial charge in [0.25, 0.3) is 0 Å². The third-order valence-electron chi connectivity index (χ3n) is 4.59. The number of H-pyrrole nitrogens is 1. The third kappa shape index (κ3) is 5.14. The van der Waals surface area contributed by atoms with Gasteiger partial charge in [-0.1, -0.05) is 36.9 Å². The maximum Gasteiger partial charge on any atom is 0.439 e. The van der Waals surface area contributed by atoms with E-state index in [-0.39, 0.29) is 23.2 Å². The van der Waals surface area contributed by atoms with Gasteiger partial charge in [0.05, 0.1) is 5.52 Å². The summed E-state index contributed by atoms with van der Waals surface area (Å²) in [5.41, 5.74) is 1.36. The first kappa shape index (κ1) is 22.4. The molecule has 168 valence electrons. The molecule has 3 heterocycles. The van der Waals surface area contributed by atoms with Crippen molar-refractivity contribution in [2.45, 2.75) is 32.4 Å². The number of nitrogens with zero attached hydrogens (tertiary/aromatic N) is 4. The molecule has 0 amide bonds. The molecule has 1 aromatic carbocycles. The van der Waals surface area contributed by atoms with E-state index in [1.165, 1.54) is 6.07 Å². The molecule has 0 spiro atoms. The lowest BCUT2D eigenvalue weighted by Crippen LogP contribution is -2.22. The summed E-state index contributed by atoms with van der Waals surface area (Å²) >= 11 is 3.09. The topological polar surface area (TPSA) is 108 Å². The van der Waals surface area contributed by atoms with Crippen LogP contribution in [0.3, 0.4) is 0 Å². The molecule has 0 aliphatic rings. The number of rotatable bonds is 8. The highest BCUT2D eigenvalue weighted by molar-refractivity contribution is 9.10. The van der Waals surface area contributed by atoms with Crippen molar-refractivity contribution in [3.8, 4) is 23.1 Å². The lowest BCUT2D eigenvalue weighted by Gasteiger charge is -2.16. The normalized spacial score (nSPS) is 11.9. The molecule has 32 heavy (non-hydrogen) atoms. The first-order valence-electron chi connectivity index (χ1n) is 9.84. The summed E-state index contributed by atoms with van der Waals surface area (Å²) in [6, 6.07) is 9.41. The Balaban J connectivity index is 1.64. The molecule has 1 N–H and O–H groups in total. The van der Waals surface area contributed by atoms with Crippen molar-refractivity contribution in [2.75, 3.05) is 6.61 Å². The van der Waals surface area contributed by atoms with E-state index in [9.17, 15) is 9.18 Å². The van der Waals surface area contributed by atoms with Crippen molar-refractivity contribution in [3.05, 3.63) is 51.3 Å². The van der Waals surface area contributed by atoms with Crippen molar-refractivity contribution in [1.29, 1.82) is 0 Å². The highest BCUT2D eigenvalue weighted by Gasteiger charge is 2.18. The molecule has 3 aromatic heterocycles. The van der Waals surface area contributed by atoms with Crippen LogP contribution in [0.5, 0.6) is 11.8 Å². The Kier molecular flexibility index (Phi) is 6.26. The number of aromatic nitrogens is 5. The molecule has 0 aliphatic carbocycles. The number of ether oxygens (including phenoxy) is 2. The van der Waals surface area contributed by atoms with Gasteiger partial charge in [-0.15, -0.1) is 0 Å². The number of benzene rings is 1. The van der Waals surface area contributed by atoms with Crippen molar-refractivity contribution in [3.63, 3.8) is 0 Å². The Morgan fingerprint density at radius 2 is 2.06 bits per heavy atom. The number of pyridine rings is 1. The molecule has 0 unspecified atom stereocenters. The molecule has 4 rings (SSSR count). The number of halogens is 2. The average molecular weight is 522 g/mol.